The van der Waals surface area contributed by atoms with Crippen LogP contribution >= 0.6 is 0 Å². The van der Waals surface area contributed by atoms with Crippen molar-refractivity contribution >= 4 is 22.8 Å². The first-order chi connectivity index (χ1) is 25.3. The van der Waals surface area contributed by atoms with Crippen molar-refractivity contribution in [1.29, 1.82) is 0 Å². The van der Waals surface area contributed by atoms with Crippen molar-refractivity contribution < 1.29 is 50.2 Å². The molecular formula is C39H45F7N4O4. The summed E-state index contributed by atoms with van der Waals surface area (Å²) in [5.41, 5.74) is -3.19. The maximum atomic E-state index is 14.7. The lowest BCUT2D eigenvalue weighted by Crippen LogP contribution is -2.57. The summed E-state index contributed by atoms with van der Waals surface area (Å²) in [5.74, 6) is -7.74. The molecule has 0 spiro atoms. The predicted octanol–water partition coefficient (Wildman–Crippen LogP) is 8.98. The van der Waals surface area contributed by atoms with Gasteiger partial charge >= 0.3 is 12.1 Å². The molecular weight excluding hydrogens is 721 g/mol. The largest absolute Gasteiger partial charge is 0.490 e. The van der Waals surface area contributed by atoms with E-state index in [2.05, 4.69) is 10.3 Å². The van der Waals surface area contributed by atoms with E-state index >= 15 is 0 Å². The quantitative estimate of drug-likeness (QED) is 0.211. The van der Waals surface area contributed by atoms with E-state index in [0.29, 0.717) is 61.0 Å². The van der Waals surface area contributed by atoms with Crippen LogP contribution < -0.4 is 10.1 Å². The Morgan fingerprint density at radius 2 is 1.70 bits per heavy atom. The highest BCUT2D eigenvalue weighted by atomic mass is 19.4. The molecule has 0 radical (unpaired) electrons. The smallest absolute Gasteiger partial charge is 0.434 e. The van der Waals surface area contributed by atoms with Crippen molar-refractivity contribution in [2.24, 2.45) is 17.8 Å². The molecule has 54 heavy (non-hydrogen) atoms. The van der Waals surface area contributed by atoms with E-state index in [0.717, 1.165) is 19.4 Å². The number of carboxylic acids is 1. The van der Waals surface area contributed by atoms with E-state index in [4.69, 9.17) is 4.74 Å². The van der Waals surface area contributed by atoms with Crippen molar-refractivity contribution in [2.75, 3.05) is 19.6 Å². The Bertz CT molecular complexity index is 1890. The molecule has 4 aliphatic rings. The van der Waals surface area contributed by atoms with Gasteiger partial charge in [-0.25, -0.2) is 27.3 Å². The van der Waals surface area contributed by atoms with Gasteiger partial charge in [0.05, 0.1) is 23.3 Å². The lowest BCUT2D eigenvalue weighted by atomic mass is 9.78. The Kier molecular flexibility index (Phi) is 9.96. The second kappa shape index (κ2) is 14.0. The number of aromatic nitrogens is 2. The van der Waals surface area contributed by atoms with E-state index < -0.39 is 52.6 Å². The van der Waals surface area contributed by atoms with Crippen molar-refractivity contribution in [3.8, 4) is 17.0 Å². The molecule has 1 saturated heterocycles. The van der Waals surface area contributed by atoms with Gasteiger partial charge in [-0.15, -0.1) is 0 Å². The number of likely N-dealkylation sites (tertiary alicyclic amines) is 1. The number of nitrogens with one attached hydrogen (secondary N) is 1. The summed E-state index contributed by atoms with van der Waals surface area (Å²) in [6.45, 7) is 3.38. The van der Waals surface area contributed by atoms with E-state index in [1.165, 1.54) is 6.07 Å². The fourth-order valence-corrected chi connectivity index (χ4v) is 9.57. The molecule has 4 atom stereocenters. The average molecular weight is 767 g/mol. The third-order valence-electron chi connectivity index (χ3n) is 12.0. The monoisotopic (exact) mass is 766 g/mol. The SMILES string of the molecule is CC1CC2CC(C1)C(NC(=O)c1ccc(-c3cn(C4CCC(F)(F)CC4)c4cc(OC5CCN(CC(C)(F)F)CC5)ccc34)nc1C(F)(F)F)(C(=O)O)C2. The Morgan fingerprint density at radius 1 is 1.00 bits per heavy atom. The summed E-state index contributed by atoms with van der Waals surface area (Å²) in [7, 11) is 0. The lowest BCUT2D eigenvalue weighted by molar-refractivity contribution is -0.146. The van der Waals surface area contributed by atoms with Crippen LogP contribution in [0.25, 0.3) is 22.2 Å². The molecule has 1 aliphatic heterocycles. The summed E-state index contributed by atoms with van der Waals surface area (Å²) >= 11 is 0. The summed E-state index contributed by atoms with van der Waals surface area (Å²) in [6.07, 6.45) is -1.09. The van der Waals surface area contributed by atoms with E-state index in [1.807, 2.05) is 6.92 Å². The number of rotatable bonds is 9. The molecule has 2 aromatic heterocycles. The van der Waals surface area contributed by atoms with E-state index in [9.17, 15) is 45.4 Å². The number of carboxylic acid groups (broad SMARTS) is 1. The number of hydrogen-bond donors (Lipinski definition) is 2. The Labute approximate surface area is 308 Å². The molecule has 15 heteroatoms. The number of nitrogens with zero attached hydrogens (tertiary/aromatic N) is 3. The highest BCUT2D eigenvalue weighted by molar-refractivity contribution is 6.00. The Balaban J connectivity index is 1.21. The molecule has 1 amide bonds. The van der Waals surface area contributed by atoms with Crippen LogP contribution in [-0.4, -0.2) is 74.6 Å². The van der Waals surface area contributed by atoms with Crippen LogP contribution in [0.2, 0.25) is 0 Å². The summed E-state index contributed by atoms with van der Waals surface area (Å²) < 4.78 is 108. The summed E-state index contributed by atoms with van der Waals surface area (Å²) in [6, 6.07) is 6.97. The number of amides is 1. The fourth-order valence-electron chi connectivity index (χ4n) is 9.57. The van der Waals surface area contributed by atoms with Crippen LogP contribution in [-0.2, 0) is 11.0 Å². The number of carbonyl (C=O) groups is 2. The van der Waals surface area contributed by atoms with Crippen LogP contribution in [0.1, 0.15) is 100 Å². The molecule has 4 unspecified atom stereocenters. The number of fused-ring (bicyclic) bond motifs is 3. The number of carbonyl (C=O) groups excluding carboxylic acids is 1. The zero-order valence-corrected chi connectivity index (χ0v) is 30.2. The second-order valence-corrected chi connectivity index (χ2v) is 16.3. The highest BCUT2D eigenvalue weighted by Crippen LogP contribution is 2.51. The van der Waals surface area contributed by atoms with Crippen molar-refractivity contribution in [1.82, 2.24) is 19.8 Å². The minimum atomic E-state index is -5.07. The number of alkyl halides is 7. The predicted molar refractivity (Wildman–Crippen MR) is 186 cm³/mol. The number of halogens is 7. The molecule has 7 rings (SSSR count). The maximum Gasteiger partial charge on any atom is 0.434 e. The Morgan fingerprint density at radius 3 is 2.35 bits per heavy atom. The molecule has 3 saturated carbocycles. The van der Waals surface area contributed by atoms with Crippen molar-refractivity contribution in [3.05, 3.63) is 47.8 Å². The van der Waals surface area contributed by atoms with Crippen molar-refractivity contribution in [2.45, 2.75) is 114 Å². The fraction of sp³-hybridized carbons (Fsp3) is 0.615. The van der Waals surface area contributed by atoms with Gasteiger partial charge in [-0.3, -0.25) is 9.69 Å². The zero-order valence-electron chi connectivity index (χ0n) is 30.2. The van der Waals surface area contributed by atoms with Gasteiger partial charge in [-0.05, 0) is 93.4 Å². The topological polar surface area (TPSA) is 96.7 Å². The second-order valence-electron chi connectivity index (χ2n) is 16.3. The zero-order chi connectivity index (χ0) is 38.8. The van der Waals surface area contributed by atoms with Gasteiger partial charge < -0.3 is 19.7 Å². The van der Waals surface area contributed by atoms with Gasteiger partial charge in [0, 0.05) is 62.1 Å². The van der Waals surface area contributed by atoms with Gasteiger partial charge in [0.2, 0.25) is 5.92 Å². The minimum absolute atomic E-state index is 0.0473. The first-order valence-electron chi connectivity index (χ1n) is 18.7. The number of hydrogen-bond acceptors (Lipinski definition) is 5. The molecule has 1 aromatic carbocycles. The molecule has 2 N–H and O–H groups in total. The van der Waals surface area contributed by atoms with Gasteiger partial charge in [-0.1, -0.05) is 6.92 Å². The Hall–Kier alpha value is -3.88. The molecule has 3 heterocycles. The van der Waals surface area contributed by atoms with Gasteiger partial charge in [0.25, 0.3) is 11.8 Å². The number of pyridine rings is 1. The third-order valence-corrected chi connectivity index (χ3v) is 12.0. The van der Waals surface area contributed by atoms with Crippen LogP contribution in [0.5, 0.6) is 5.75 Å². The van der Waals surface area contributed by atoms with Gasteiger partial charge in [0.1, 0.15) is 17.4 Å². The normalized spacial score (nSPS) is 26.9. The van der Waals surface area contributed by atoms with Crippen LogP contribution in [0.3, 0.4) is 0 Å². The lowest BCUT2D eigenvalue weighted by Gasteiger charge is -2.33. The minimum Gasteiger partial charge on any atom is -0.490 e. The van der Waals surface area contributed by atoms with Crippen LogP contribution in [0.4, 0.5) is 30.7 Å². The molecule has 3 aliphatic carbocycles. The molecule has 8 nitrogen and oxygen atoms in total. The number of aliphatic carboxylic acids is 1. The maximum absolute atomic E-state index is 14.7. The van der Waals surface area contributed by atoms with Gasteiger partial charge in [0.15, 0.2) is 5.69 Å². The van der Waals surface area contributed by atoms with Crippen LogP contribution in [0, 0.1) is 17.8 Å². The number of ether oxygens (including phenoxy) is 1. The molecule has 3 aromatic rings. The number of piperidine rings is 1. The summed E-state index contributed by atoms with van der Waals surface area (Å²) in [4.78, 5) is 31.9. The molecule has 4 fully saturated rings. The standard InChI is InChI=1S/C39H45F7N4O4/c1-22-15-23-17-24(16-22)38(19-23,35(52)53)48-34(51)29-5-6-31(47-33(29)39(44,45)46)30-20-50(25-7-11-37(42,43)12-8-25)32-18-27(3-4-28(30)32)54-26-9-13-49(14-10-26)21-36(2,40)41/h3-6,18,20,22-26H,7-17,19,21H2,1-2H3,(H,48,51)(H,52,53). The first kappa shape index (κ1) is 38.4. The van der Waals surface area contributed by atoms with E-state index in [1.54, 1.807) is 33.9 Å². The summed E-state index contributed by atoms with van der Waals surface area (Å²) in [5, 5.41) is 13.3. The highest BCUT2D eigenvalue weighted by Gasteiger charge is 2.56. The first-order valence-corrected chi connectivity index (χ1v) is 18.7. The van der Waals surface area contributed by atoms with Crippen molar-refractivity contribution in [3.63, 3.8) is 0 Å². The van der Waals surface area contributed by atoms with Gasteiger partial charge in [-0.2, -0.15) is 13.2 Å². The molecule has 2 bridgehead atoms. The van der Waals surface area contributed by atoms with E-state index in [-0.39, 0.29) is 68.3 Å². The molecule has 294 valence electrons. The third kappa shape index (κ3) is 7.79. The van der Waals surface area contributed by atoms with Crippen LogP contribution in [0.15, 0.2) is 36.5 Å². The number of benzene rings is 1. The average Bonchev–Trinajstić information content (AvgIpc) is 3.58.